The molecular formula is C19H20N2O2S. The first-order valence-electron chi connectivity index (χ1n) is 8.28. The van der Waals surface area contributed by atoms with E-state index in [-0.39, 0.29) is 11.7 Å². The van der Waals surface area contributed by atoms with Crippen molar-refractivity contribution in [3.8, 4) is 5.75 Å². The minimum absolute atomic E-state index is 0.00728. The molecule has 4 nitrogen and oxygen atoms in total. The maximum atomic E-state index is 12.4. The van der Waals surface area contributed by atoms with Crippen molar-refractivity contribution >= 4 is 17.7 Å². The zero-order chi connectivity index (χ0) is 16.5. The second kappa shape index (κ2) is 6.49. The number of para-hydroxylation sites is 1. The smallest absolute Gasteiger partial charge is 0.251 e. The second-order valence-corrected chi connectivity index (χ2v) is 7.60. The van der Waals surface area contributed by atoms with Crippen LogP contribution >= 0.6 is 11.8 Å². The Hall–Kier alpha value is -1.98. The Labute approximate surface area is 145 Å². The SMILES string of the molecule is O=C(NC1CN2CC[C@H]1C2)c1ccc(Sc2ccccc2O)cc1. The Bertz CT molecular complexity index is 747. The number of phenolic OH excluding ortho intramolecular Hbond substituents is 1. The average molecular weight is 340 g/mol. The van der Waals surface area contributed by atoms with Gasteiger partial charge in [-0.25, -0.2) is 0 Å². The van der Waals surface area contributed by atoms with Crippen molar-refractivity contribution in [1.82, 2.24) is 10.2 Å². The topological polar surface area (TPSA) is 52.6 Å². The van der Waals surface area contributed by atoms with Gasteiger partial charge < -0.3 is 15.3 Å². The van der Waals surface area contributed by atoms with Gasteiger partial charge in [-0.3, -0.25) is 4.79 Å². The summed E-state index contributed by atoms with van der Waals surface area (Å²) in [6.45, 7) is 3.29. The van der Waals surface area contributed by atoms with E-state index < -0.39 is 0 Å². The molecule has 2 bridgehead atoms. The van der Waals surface area contributed by atoms with Gasteiger partial charge in [0.2, 0.25) is 0 Å². The Kier molecular flexibility index (Phi) is 4.21. The molecule has 0 aliphatic carbocycles. The fraction of sp³-hybridized carbons (Fsp3) is 0.316. The normalized spacial score (nSPS) is 24.9. The minimum Gasteiger partial charge on any atom is -0.507 e. The van der Waals surface area contributed by atoms with Gasteiger partial charge in [-0.05, 0) is 55.3 Å². The number of nitrogens with zero attached hydrogens (tertiary/aromatic N) is 1. The van der Waals surface area contributed by atoms with Gasteiger partial charge in [0.25, 0.3) is 5.91 Å². The third kappa shape index (κ3) is 3.14. The standard InChI is InChI=1S/C19H20N2O2S/c22-17-3-1-2-4-18(17)24-15-7-5-13(6-8-15)19(23)20-16-12-21-10-9-14(16)11-21/h1-8,14,16,22H,9-12H2,(H,20,23)/t14-,16?/m0/s1. The molecule has 124 valence electrons. The lowest BCUT2D eigenvalue weighted by molar-refractivity contribution is 0.0924. The lowest BCUT2D eigenvalue weighted by Crippen LogP contribution is -2.43. The van der Waals surface area contributed by atoms with Crippen LogP contribution in [0, 0.1) is 5.92 Å². The molecule has 24 heavy (non-hydrogen) atoms. The van der Waals surface area contributed by atoms with Gasteiger partial charge in [0.1, 0.15) is 5.75 Å². The molecule has 2 saturated heterocycles. The molecule has 2 heterocycles. The van der Waals surface area contributed by atoms with Gasteiger partial charge in [0.05, 0.1) is 4.90 Å². The second-order valence-electron chi connectivity index (χ2n) is 6.48. The number of piperidine rings is 1. The van der Waals surface area contributed by atoms with Gasteiger partial charge in [-0.15, -0.1) is 0 Å². The number of carbonyl (C=O) groups excluding carboxylic acids is 1. The van der Waals surface area contributed by atoms with Gasteiger partial charge in [-0.1, -0.05) is 23.9 Å². The van der Waals surface area contributed by atoms with Crippen molar-refractivity contribution in [2.75, 3.05) is 19.6 Å². The number of benzene rings is 2. The molecular weight excluding hydrogens is 320 g/mol. The predicted octanol–water partition coefficient (Wildman–Crippen LogP) is 2.98. The lowest BCUT2D eigenvalue weighted by atomic mass is 9.99. The summed E-state index contributed by atoms with van der Waals surface area (Å²) in [5, 5.41) is 13.0. The van der Waals surface area contributed by atoms with Crippen LogP contribution < -0.4 is 5.32 Å². The van der Waals surface area contributed by atoms with Gasteiger partial charge in [0, 0.05) is 29.6 Å². The van der Waals surface area contributed by atoms with Crippen LogP contribution in [0.25, 0.3) is 0 Å². The van der Waals surface area contributed by atoms with Crippen LogP contribution in [0.4, 0.5) is 0 Å². The van der Waals surface area contributed by atoms with Crippen LogP contribution in [-0.4, -0.2) is 41.6 Å². The molecule has 2 fully saturated rings. The summed E-state index contributed by atoms with van der Waals surface area (Å²) in [7, 11) is 0. The molecule has 4 rings (SSSR count). The molecule has 2 aromatic rings. The Morgan fingerprint density at radius 2 is 1.92 bits per heavy atom. The van der Waals surface area contributed by atoms with Gasteiger partial charge >= 0.3 is 0 Å². The molecule has 0 aromatic heterocycles. The summed E-state index contributed by atoms with van der Waals surface area (Å²) < 4.78 is 0. The molecule has 1 amide bonds. The van der Waals surface area contributed by atoms with Crippen LogP contribution in [0.15, 0.2) is 58.3 Å². The van der Waals surface area contributed by atoms with Crippen LogP contribution in [0.1, 0.15) is 16.8 Å². The molecule has 0 radical (unpaired) electrons. The third-order valence-corrected chi connectivity index (χ3v) is 5.93. The van der Waals surface area contributed by atoms with E-state index in [1.807, 2.05) is 36.4 Å². The molecule has 2 aliphatic heterocycles. The Morgan fingerprint density at radius 3 is 2.58 bits per heavy atom. The lowest BCUT2D eigenvalue weighted by Gasteiger charge is -2.23. The fourth-order valence-corrected chi connectivity index (χ4v) is 4.39. The highest BCUT2D eigenvalue weighted by atomic mass is 32.2. The number of aromatic hydroxyl groups is 1. The number of nitrogens with one attached hydrogen (secondary N) is 1. The first kappa shape index (κ1) is 15.5. The highest BCUT2D eigenvalue weighted by Crippen LogP contribution is 2.34. The van der Waals surface area contributed by atoms with E-state index in [1.165, 1.54) is 24.7 Å². The summed E-state index contributed by atoms with van der Waals surface area (Å²) in [4.78, 5) is 16.7. The quantitative estimate of drug-likeness (QED) is 0.898. The Balaban J connectivity index is 1.40. The van der Waals surface area contributed by atoms with Crippen molar-refractivity contribution in [3.05, 3.63) is 54.1 Å². The summed E-state index contributed by atoms with van der Waals surface area (Å²) in [5.41, 5.74) is 0.689. The zero-order valence-electron chi connectivity index (χ0n) is 13.3. The van der Waals surface area contributed by atoms with Crippen molar-refractivity contribution in [2.45, 2.75) is 22.3 Å². The number of hydrogen-bond donors (Lipinski definition) is 2. The summed E-state index contributed by atoms with van der Waals surface area (Å²) in [5.74, 6) is 0.897. The van der Waals surface area contributed by atoms with Gasteiger partial charge in [-0.2, -0.15) is 0 Å². The van der Waals surface area contributed by atoms with Crippen molar-refractivity contribution in [3.63, 3.8) is 0 Å². The Morgan fingerprint density at radius 1 is 1.12 bits per heavy atom. The largest absolute Gasteiger partial charge is 0.507 e. The van der Waals surface area contributed by atoms with E-state index in [1.54, 1.807) is 12.1 Å². The monoisotopic (exact) mass is 340 g/mol. The molecule has 2 aliphatic rings. The maximum Gasteiger partial charge on any atom is 0.251 e. The van der Waals surface area contributed by atoms with E-state index in [0.29, 0.717) is 17.5 Å². The average Bonchev–Trinajstić information content (AvgIpc) is 3.20. The highest BCUT2D eigenvalue weighted by molar-refractivity contribution is 7.99. The minimum atomic E-state index is 0.00728. The predicted molar refractivity (Wildman–Crippen MR) is 94.5 cm³/mol. The zero-order valence-corrected chi connectivity index (χ0v) is 14.1. The molecule has 0 saturated carbocycles. The third-order valence-electron chi connectivity index (χ3n) is 4.86. The van der Waals surface area contributed by atoms with E-state index in [9.17, 15) is 9.90 Å². The summed E-state index contributed by atoms with van der Waals surface area (Å²) in [6.07, 6.45) is 1.20. The molecule has 2 N–H and O–H groups in total. The number of fused-ring (bicyclic) bond motifs is 2. The number of amides is 1. The summed E-state index contributed by atoms with van der Waals surface area (Å²) >= 11 is 1.49. The molecule has 5 heteroatoms. The van der Waals surface area contributed by atoms with E-state index in [4.69, 9.17) is 0 Å². The molecule has 2 unspecified atom stereocenters. The fourth-order valence-electron chi connectivity index (χ4n) is 3.54. The number of phenols is 1. The van der Waals surface area contributed by atoms with E-state index in [2.05, 4.69) is 10.2 Å². The number of rotatable bonds is 4. The summed E-state index contributed by atoms with van der Waals surface area (Å²) in [6, 6.07) is 15.1. The van der Waals surface area contributed by atoms with Gasteiger partial charge in [0.15, 0.2) is 0 Å². The van der Waals surface area contributed by atoms with Crippen LogP contribution in [-0.2, 0) is 0 Å². The van der Waals surface area contributed by atoms with Crippen LogP contribution in [0.5, 0.6) is 5.75 Å². The van der Waals surface area contributed by atoms with Crippen LogP contribution in [0.2, 0.25) is 0 Å². The van der Waals surface area contributed by atoms with Crippen molar-refractivity contribution in [1.29, 1.82) is 0 Å². The highest BCUT2D eigenvalue weighted by Gasteiger charge is 2.38. The maximum absolute atomic E-state index is 12.4. The molecule has 3 atom stereocenters. The van der Waals surface area contributed by atoms with E-state index >= 15 is 0 Å². The number of hydrogen-bond acceptors (Lipinski definition) is 4. The number of carbonyl (C=O) groups is 1. The van der Waals surface area contributed by atoms with Crippen molar-refractivity contribution < 1.29 is 9.90 Å². The first-order valence-corrected chi connectivity index (χ1v) is 9.10. The van der Waals surface area contributed by atoms with E-state index in [0.717, 1.165) is 22.9 Å². The first-order chi connectivity index (χ1) is 11.7. The molecule has 0 spiro atoms. The van der Waals surface area contributed by atoms with Crippen LogP contribution in [0.3, 0.4) is 0 Å². The van der Waals surface area contributed by atoms with Crippen molar-refractivity contribution in [2.24, 2.45) is 5.92 Å². The molecule has 2 aromatic carbocycles.